The summed E-state index contributed by atoms with van der Waals surface area (Å²) >= 11 is 0. The monoisotopic (exact) mass is 154 g/mol. The molecule has 1 heterocycles. The highest BCUT2D eigenvalue weighted by atomic mass is 16.3. The predicted octanol–water partition coefficient (Wildman–Crippen LogP) is 0.935. The molecule has 1 rings (SSSR count). The quantitative estimate of drug-likeness (QED) is 0.699. The summed E-state index contributed by atoms with van der Waals surface area (Å²) in [6.07, 6.45) is 3.43. The summed E-state index contributed by atoms with van der Waals surface area (Å²) in [5, 5.41) is 3.09. The zero-order valence-corrected chi connectivity index (χ0v) is 7.00. The first-order valence-electron chi connectivity index (χ1n) is 3.72. The molecule has 0 bridgehead atoms. The van der Waals surface area contributed by atoms with Crippen LogP contribution >= 0.6 is 0 Å². The molecular weight excluding hydrogens is 140 g/mol. The number of rotatable bonds is 4. The molecule has 0 saturated carbocycles. The topological polar surface area (TPSA) is 28.4 Å². The van der Waals surface area contributed by atoms with Gasteiger partial charge in [0, 0.05) is 20.1 Å². The van der Waals surface area contributed by atoms with Crippen LogP contribution in [0.4, 0.5) is 5.69 Å². The Labute approximate surface area is 67.0 Å². The molecule has 0 fully saturated rings. The molecule has 3 heteroatoms. The van der Waals surface area contributed by atoms with E-state index in [1.165, 1.54) is 0 Å². The van der Waals surface area contributed by atoms with E-state index < -0.39 is 0 Å². The van der Waals surface area contributed by atoms with Gasteiger partial charge in [-0.05, 0) is 13.1 Å². The molecule has 0 aliphatic rings. The largest absolute Gasteiger partial charge is 0.470 e. The number of furan rings is 1. The molecule has 11 heavy (non-hydrogen) atoms. The van der Waals surface area contributed by atoms with Crippen LogP contribution in [-0.2, 0) is 0 Å². The zero-order valence-electron chi connectivity index (χ0n) is 7.00. The Balaban J connectivity index is 2.36. The Kier molecular flexibility index (Phi) is 2.98. The molecule has 0 aliphatic heterocycles. The third-order valence-corrected chi connectivity index (χ3v) is 1.64. The van der Waals surface area contributed by atoms with Crippen LogP contribution in [0.1, 0.15) is 0 Å². The second kappa shape index (κ2) is 4.03. The summed E-state index contributed by atoms with van der Waals surface area (Å²) in [6.45, 7) is 1.98. The third-order valence-electron chi connectivity index (χ3n) is 1.64. The summed E-state index contributed by atoms with van der Waals surface area (Å²) in [5.74, 6) is 0. The van der Waals surface area contributed by atoms with E-state index in [2.05, 4.69) is 10.2 Å². The molecule has 0 aromatic carbocycles. The van der Waals surface area contributed by atoms with Crippen molar-refractivity contribution >= 4 is 5.69 Å². The molecular formula is C8H14N2O. The van der Waals surface area contributed by atoms with Crippen LogP contribution in [0.2, 0.25) is 0 Å². The van der Waals surface area contributed by atoms with E-state index in [1.807, 2.05) is 20.2 Å². The molecule has 0 spiro atoms. The van der Waals surface area contributed by atoms with E-state index in [-0.39, 0.29) is 0 Å². The van der Waals surface area contributed by atoms with Crippen molar-refractivity contribution in [2.75, 3.05) is 32.1 Å². The van der Waals surface area contributed by atoms with Crippen molar-refractivity contribution < 1.29 is 4.42 Å². The Morgan fingerprint density at radius 2 is 2.45 bits per heavy atom. The maximum absolute atomic E-state index is 4.95. The van der Waals surface area contributed by atoms with Gasteiger partial charge in [-0.3, -0.25) is 0 Å². The second-order valence-corrected chi connectivity index (χ2v) is 2.51. The van der Waals surface area contributed by atoms with Crippen molar-refractivity contribution in [3.8, 4) is 0 Å². The molecule has 3 nitrogen and oxygen atoms in total. The predicted molar refractivity (Wildman–Crippen MR) is 45.9 cm³/mol. The highest BCUT2D eigenvalue weighted by molar-refractivity contribution is 5.41. The van der Waals surface area contributed by atoms with E-state index in [9.17, 15) is 0 Å². The fourth-order valence-electron chi connectivity index (χ4n) is 0.883. The first-order chi connectivity index (χ1) is 5.34. The average Bonchev–Trinajstić information content (AvgIpc) is 2.52. The fraction of sp³-hybridized carbons (Fsp3) is 0.500. The van der Waals surface area contributed by atoms with Crippen molar-refractivity contribution in [1.82, 2.24) is 5.32 Å². The van der Waals surface area contributed by atoms with Gasteiger partial charge in [-0.1, -0.05) is 0 Å². The smallest absolute Gasteiger partial charge is 0.114 e. The lowest BCUT2D eigenvalue weighted by molar-refractivity contribution is 0.566. The van der Waals surface area contributed by atoms with Gasteiger partial charge >= 0.3 is 0 Å². The molecule has 0 atom stereocenters. The SMILES string of the molecule is CNCCN(C)c1ccoc1. The lowest BCUT2D eigenvalue weighted by atomic mass is 10.4. The van der Waals surface area contributed by atoms with Crippen molar-refractivity contribution in [2.24, 2.45) is 0 Å². The number of nitrogens with zero attached hydrogens (tertiary/aromatic N) is 1. The van der Waals surface area contributed by atoms with Gasteiger partial charge in [-0.25, -0.2) is 0 Å². The maximum atomic E-state index is 4.95. The molecule has 0 unspecified atom stereocenters. The molecule has 0 aliphatic carbocycles. The van der Waals surface area contributed by atoms with Crippen molar-refractivity contribution in [2.45, 2.75) is 0 Å². The molecule has 0 saturated heterocycles. The lowest BCUT2D eigenvalue weighted by Gasteiger charge is -2.15. The third kappa shape index (κ3) is 2.27. The van der Waals surface area contributed by atoms with Crippen molar-refractivity contribution in [3.05, 3.63) is 18.6 Å². The summed E-state index contributed by atoms with van der Waals surface area (Å²) in [5.41, 5.74) is 1.13. The van der Waals surface area contributed by atoms with Crippen LogP contribution in [0.5, 0.6) is 0 Å². The van der Waals surface area contributed by atoms with E-state index in [0.29, 0.717) is 0 Å². The summed E-state index contributed by atoms with van der Waals surface area (Å²) < 4.78 is 4.95. The standard InChI is InChI=1S/C8H14N2O/c1-9-4-5-10(2)8-3-6-11-7-8/h3,6-7,9H,4-5H2,1-2H3. The molecule has 1 N–H and O–H groups in total. The van der Waals surface area contributed by atoms with Gasteiger partial charge in [-0.2, -0.15) is 0 Å². The van der Waals surface area contributed by atoms with E-state index in [4.69, 9.17) is 4.42 Å². The number of likely N-dealkylation sites (N-methyl/N-ethyl adjacent to an activating group) is 2. The first-order valence-corrected chi connectivity index (χ1v) is 3.72. The number of hydrogen-bond donors (Lipinski definition) is 1. The summed E-state index contributed by atoms with van der Waals surface area (Å²) in [6, 6.07) is 1.95. The lowest BCUT2D eigenvalue weighted by Crippen LogP contribution is -2.26. The first kappa shape index (κ1) is 8.14. The van der Waals surface area contributed by atoms with Gasteiger partial charge in [0.15, 0.2) is 0 Å². The van der Waals surface area contributed by atoms with E-state index in [1.54, 1.807) is 12.5 Å². The van der Waals surface area contributed by atoms with Crippen LogP contribution in [-0.4, -0.2) is 27.2 Å². The Morgan fingerprint density at radius 3 is 3.00 bits per heavy atom. The van der Waals surface area contributed by atoms with Crippen molar-refractivity contribution in [3.63, 3.8) is 0 Å². The molecule has 0 amide bonds. The minimum absolute atomic E-state index is 0.988. The van der Waals surface area contributed by atoms with Crippen molar-refractivity contribution in [1.29, 1.82) is 0 Å². The Morgan fingerprint density at radius 1 is 1.64 bits per heavy atom. The highest BCUT2D eigenvalue weighted by Crippen LogP contribution is 2.10. The Hall–Kier alpha value is -0.960. The van der Waals surface area contributed by atoms with E-state index in [0.717, 1.165) is 18.8 Å². The van der Waals surface area contributed by atoms with Gasteiger partial charge in [0.25, 0.3) is 0 Å². The van der Waals surface area contributed by atoms with Gasteiger partial charge in [-0.15, -0.1) is 0 Å². The Bertz CT molecular complexity index is 184. The minimum atomic E-state index is 0.988. The zero-order chi connectivity index (χ0) is 8.10. The van der Waals surface area contributed by atoms with Gasteiger partial charge in [0.1, 0.15) is 6.26 Å². The van der Waals surface area contributed by atoms with Crippen LogP contribution in [0.3, 0.4) is 0 Å². The van der Waals surface area contributed by atoms with Crippen LogP contribution in [0.15, 0.2) is 23.0 Å². The van der Waals surface area contributed by atoms with E-state index >= 15 is 0 Å². The maximum Gasteiger partial charge on any atom is 0.114 e. The fourth-order valence-corrected chi connectivity index (χ4v) is 0.883. The van der Waals surface area contributed by atoms with Gasteiger partial charge < -0.3 is 14.6 Å². The van der Waals surface area contributed by atoms with Crippen LogP contribution in [0.25, 0.3) is 0 Å². The normalized spacial score (nSPS) is 10.0. The molecule has 1 aromatic rings. The highest BCUT2D eigenvalue weighted by Gasteiger charge is 1.99. The molecule has 62 valence electrons. The molecule has 0 radical (unpaired) electrons. The average molecular weight is 154 g/mol. The minimum Gasteiger partial charge on any atom is -0.470 e. The summed E-state index contributed by atoms with van der Waals surface area (Å²) in [7, 11) is 3.99. The second-order valence-electron chi connectivity index (χ2n) is 2.51. The number of nitrogens with one attached hydrogen (secondary N) is 1. The van der Waals surface area contributed by atoms with Crippen LogP contribution < -0.4 is 10.2 Å². The molecule has 1 aromatic heterocycles. The van der Waals surface area contributed by atoms with Gasteiger partial charge in [0.2, 0.25) is 0 Å². The number of hydrogen-bond acceptors (Lipinski definition) is 3. The van der Waals surface area contributed by atoms with Crippen LogP contribution in [0, 0.1) is 0 Å². The summed E-state index contributed by atoms with van der Waals surface area (Å²) in [4.78, 5) is 2.14. The number of anilines is 1. The van der Waals surface area contributed by atoms with Gasteiger partial charge in [0.05, 0.1) is 12.0 Å².